The fraction of sp³-hybridized carbons (Fsp3) is 0.800. The van der Waals surface area contributed by atoms with E-state index in [0.29, 0.717) is 13.0 Å². The molecular formula is C10H18N2O3. The number of nitrogens with zero attached hydrogens (tertiary/aromatic N) is 1. The minimum absolute atomic E-state index is 0.107. The number of amides is 1. The van der Waals surface area contributed by atoms with Crippen molar-refractivity contribution in [2.75, 3.05) is 19.6 Å². The van der Waals surface area contributed by atoms with Crippen LogP contribution in [0.5, 0.6) is 0 Å². The van der Waals surface area contributed by atoms with E-state index in [2.05, 4.69) is 5.32 Å². The van der Waals surface area contributed by atoms with Gasteiger partial charge in [0.25, 0.3) is 0 Å². The van der Waals surface area contributed by atoms with Crippen LogP contribution >= 0.6 is 0 Å². The molecule has 1 saturated heterocycles. The van der Waals surface area contributed by atoms with Crippen LogP contribution in [-0.2, 0) is 9.59 Å². The number of hydrogen-bond acceptors (Lipinski definition) is 3. The summed E-state index contributed by atoms with van der Waals surface area (Å²) in [5.74, 6) is -0.997. The van der Waals surface area contributed by atoms with Gasteiger partial charge in [0.15, 0.2) is 0 Å². The number of piperidine rings is 1. The van der Waals surface area contributed by atoms with Crippen molar-refractivity contribution in [1.82, 2.24) is 10.2 Å². The lowest BCUT2D eigenvalue weighted by Crippen LogP contribution is -2.50. The van der Waals surface area contributed by atoms with Crippen LogP contribution in [0.2, 0.25) is 0 Å². The van der Waals surface area contributed by atoms with Crippen LogP contribution < -0.4 is 5.32 Å². The lowest BCUT2D eigenvalue weighted by molar-refractivity contribution is -0.151. The molecule has 1 aliphatic rings. The zero-order valence-corrected chi connectivity index (χ0v) is 9.03. The number of aliphatic carboxylic acids is 1. The summed E-state index contributed by atoms with van der Waals surface area (Å²) in [7, 11) is 0. The predicted molar refractivity (Wildman–Crippen MR) is 55.5 cm³/mol. The van der Waals surface area contributed by atoms with Crippen molar-refractivity contribution >= 4 is 11.9 Å². The van der Waals surface area contributed by atoms with Gasteiger partial charge in [0.05, 0.1) is 6.54 Å². The Morgan fingerprint density at radius 3 is 2.80 bits per heavy atom. The molecule has 0 saturated carbocycles. The van der Waals surface area contributed by atoms with E-state index >= 15 is 0 Å². The molecule has 1 rings (SSSR count). The minimum atomic E-state index is -0.889. The Morgan fingerprint density at radius 1 is 1.47 bits per heavy atom. The fourth-order valence-electron chi connectivity index (χ4n) is 1.82. The molecular weight excluding hydrogens is 196 g/mol. The summed E-state index contributed by atoms with van der Waals surface area (Å²) in [6.45, 7) is 3.44. The molecule has 0 spiro atoms. The minimum Gasteiger partial charge on any atom is -0.480 e. The Morgan fingerprint density at radius 2 is 2.20 bits per heavy atom. The number of rotatable bonds is 4. The zero-order chi connectivity index (χ0) is 11.3. The molecule has 1 aliphatic heterocycles. The first-order valence-electron chi connectivity index (χ1n) is 5.39. The van der Waals surface area contributed by atoms with E-state index in [4.69, 9.17) is 5.11 Å². The van der Waals surface area contributed by atoms with E-state index in [9.17, 15) is 9.59 Å². The number of nitrogens with one attached hydrogen (secondary N) is 1. The number of carbonyl (C=O) groups excluding carboxylic acids is 1. The standard InChI is InChI=1S/C10H18N2O3/c1-2-11-7-9(13)12-6-4-3-5-8(12)10(14)15/h8,11H,2-7H2,1H3,(H,14,15)/t8-/m1/s1. The third kappa shape index (κ3) is 3.20. The molecule has 5 nitrogen and oxygen atoms in total. The number of likely N-dealkylation sites (tertiary alicyclic amines) is 1. The lowest BCUT2D eigenvalue weighted by atomic mass is 10.0. The van der Waals surface area contributed by atoms with Crippen LogP contribution in [0.3, 0.4) is 0 Å². The summed E-state index contributed by atoms with van der Waals surface area (Å²) in [6.07, 6.45) is 2.37. The smallest absolute Gasteiger partial charge is 0.326 e. The Hall–Kier alpha value is -1.10. The largest absolute Gasteiger partial charge is 0.480 e. The quantitative estimate of drug-likeness (QED) is 0.694. The first kappa shape index (κ1) is 12.0. The highest BCUT2D eigenvalue weighted by molar-refractivity contribution is 5.85. The molecule has 0 radical (unpaired) electrons. The normalized spacial score (nSPS) is 21.4. The lowest BCUT2D eigenvalue weighted by Gasteiger charge is -2.33. The maximum atomic E-state index is 11.7. The van der Waals surface area contributed by atoms with Crippen LogP contribution in [0.15, 0.2) is 0 Å². The van der Waals surface area contributed by atoms with Crippen molar-refractivity contribution in [3.63, 3.8) is 0 Å². The topological polar surface area (TPSA) is 69.6 Å². The highest BCUT2D eigenvalue weighted by atomic mass is 16.4. The van der Waals surface area contributed by atoms with E-state index in [-0.39, 0.29) is 12.5 Å². The Bertz CT molecular complexity index is 243. The number of carbonyl (C=O) groups is 2. The van der Waals surface area contributed by atoms with E-state index < -0.39 is 12.0 Å². The van der Waals surface area contributed by atoms with Crippen molar-refractivity contribution in [1.29, 1.82) is 0 Å². The second-order valence-electron chi connectivity index (χ2n) is 3.72. The van der Waals surface area contributed by atoms with Gasteiger partial charge in [0.2, 0.25) is 5.91 Å². The van der Waals surface area contributed by atoms with Crippen LogP contribution in [0.1, 0.15) is 26.2 Å². The molecule has 5 heteroatoms. The molecule has 0 aromatic heterocycles. The molecule has 1 amide bonds. The SMILES string of the molecule is CCNCC(=O)N1CCCC[C@@H]1C(=O)O. The number of carboxylic acids is 1. The highest BCUT2D eigenvalue weighted by Gasteiger charge is 2.31. The van der Waals surface area contributed by atoms with Crippen molar-refractivity contribution in [2.24, 2.45) is 0 Å². The van der Waals surface area contributed by atoms with E-state index in [1.165, 1.54) is 4.90 Å². The summed E-state index contributed by atoms with van der Waals surface area (Å²) in [6, 6.07) is -0.620. The Kier molecular flexibility index (Phi) is 4.55. The van der Waals surface area contributed by atoms with Crippen molar-refractivity contribution < 1.29 is 14.7 Å². The first-order valence-corrected chi connectivity index (χ1v) is 5.39. The maximum Gasteiger partial charge on any atom is 0.326 e. The summed E-state index contributed by atoms with van der Waals surface area (Å²) >= 11 is 0. The van der Waals surface area contributed by atoms with E-state index in [1.54, 1.807) is 0 Å². The van der Waals surface area contributed by atoms with Crippen molar-refractivity contribution in [3.05, 3.63) is 0 Å². The van der Waals surface area contributed by atoms with Gasteiger partial charge in [-0.3, -0.25) is 4.79 Å². The Labute approximate surface area is 89.4 Å². The molecule has 86 valence electrons. The van der Waals surface area contributed by atoms with E-state index in [0.717, 1.165) is 19.4 Å². The number of hydrogen-bond donors (Lipinski definition) is 2. The second kappa shape index (κ2) is 5.70. The first-order chi connectivity index (χ1) is 7.16. The summed E-state index contributed by atoms with van der Waals surface area (Å²) in [5.41, 5.74) is 0. The molecule has 2 N–H and O–H groups in total. The van der Waals surface area contributed by atoms with Gasteiger partial charge in [-0.1, -0.05) is 6.92 Å². The molecule has 15 heavy (non-hydrogen) atoms. The zero-order valence-electron chi connectivity index (χ0n) is 9.03. The van der Waals surface area contributed by atoms with Gasteiger partial charge in [-0.25, -0.2) is 4.79 Å². The van der Waals surface area contributed by atoms with Crippen LogP contribution in [0.4, 0.5) is 0 Å². The molecule has 0 aromatic rings. The monoisotopic (exact) mass is 214 g/mol. The molecule has 0 bridgehead atoms. The molecule has 1 atom stereocenters. The maximum absolute atomic E-state index is 11.7. The number of carboxylic acid groups (broad SMARTS) is 1. The molecule has 0 aromatic carbocycles. The summed E-state index contributed by atoms with van der Waals surface area (Å²) in [5, 5.41) is 11.9. The average Bonchev–Trinajstić information content (AvgIpc) is 2.25. The van der Waals surface area contributed by atoms with Gasteiger partial charge in [0.1, 0.15) is 6.04 Å². The summed E-state index contributed by atoms with van der Waals surface area (Å²) < 4.78 is 0. The van der Waals surface area contributed by atoms with Gasteiger partial charge in [0, 0.05) is 6.54 Å². The number of likely N-dealkylation sites (N-methyl/N-ethyl adjacent to an activating group) is 1. The summed E-state index contributed by atoms with van der Waals surface area (Å²) in [4.78, 5) is 24.1. The van der Waals surface area contributed by atoms with Gasteiger partial charge >= 0.3 is 5.97 Å². The van der Waals surface area contributed by atoms with Crippen LogP contribution in [-0.4, -0.2) is 47.6 Å². The Balaban J connectivity index is 2.55. The molecule has 0 aliphatic carbocycles. The van der Waals surface area contributed by atoms with Gasteiger partial charge in [-0.15, -0.1) is 0 Å². The predicted octanol–water partition coefficient (Wildman–Crippen LogP) is 0.0616. The highest BCUT2D eigenvalue weighted by Crippen LogP contribution is 2.16. The van der Waals surface area contributed by atoms with Gasteiger partial charge in [-0.05, 0) is 25.8 Å². The average molecular weight is 214 g/mol. The molecule has 1 fully saturated rings. The van der Waals surface area contributed by atoms with Gasteiger partial charge < -0.3 is 15.3 Å². The van der Waals surface area contributed by atoms with Crippen LogP contribution in [0.25, 0.3) is 0 Å². The second-order valence-corrected chi connectivity index (χ2v) is 3.72. The molecule has 1 heterocycles. The van der Waals surface area contributed by atoms with Crippen LogP contribution in [0, 0.1) is 0 Å². The van der Waals surface area contributed by atoms with Crippen molar-refractivity contribution in [2.45, 2.75) is 32.2 Å². The van der Waals surface area contributed by atoms with Crippen molar-refractivity contribution in [3.8, 4) is 0 Å². The fourth-order valence-corrected chi connectivity index (χ4v) is 1.82. The van der Waals surface area contributed by atoms with E-state index in [1.807, 2.05) is 6.92 Å². The molecule has 0 unspecified atom stereocenters. The van der Waals surface area contributed by atoms with Gasteiger partial charge in [-0.2, -0.15) is 0 Å². The third-order valence-electron chi connectivity index (χ3n) is 2.63. The third-order valence-corrected chi connectivity index (χ3v) is 2.63.